The number of nitrogens with two attached hydrogens (primary N) is 1. The van der Waals surface area contributed by atoms with Crippen LogP contribution in [0, 0.1) is 5.41 Å². The van der Waals surface area contributed by atoms with Gasteiger partial charge in [-0.1, -0.05) is 24.3 Å². The Balaban J connectivity index is 3.34. The van der Waals surface area contributed by atoms with Crippen molar-refractivity contribution in [3.63, 3.8) is 0 Å². The fourth-order valence-electron chi connectivity index (χ4n) is 2.11. The van der Waals surface area contributed by atoms with Gasteiger partial charge in [-0.25, -0.2) is 0 Å². The minimum Gasteiger partial charge on any atom is -0.497 e. The van der Waals surface area contributed by atoms with Gasteiger partial charge in [0.05, 0.1) is 12.5 Å². The monoisotopic (exact) mass is 244 g/mol. The van der Waals surface area contributed by atoms with E-state index in [2.05, 4.69) is 13.2 Å². The van der Waals surface area contributed by atoms with Crippen LogP contribution in [0.25, 0.3) is 0 Å². The molecule has 0 unspecified atom stereocenters. The molecule has 0 atom stereocenters. The molecule has 0 fully saturated rings. The summed E-state index contributed by atoms with van der Waals surface area (Å²) in [5.74, 6) is 0.877. The van der Waals surface area contributed by atoms with E-state index in [0.717, 1.165) is 11.3 Å². The Morgan fingerprint density at radius 1 is 1.39 bits per heavy atom. The van der Waals surface area contributed by atoms with Crippen LogP contribution in [0.1, 0.15) is 18.4 Å². The van der Waals surface area contributed by atoms with Crippen molar-refractivity contribution in [2.45, 2.75) is 18.3 Å². The number of hydrogen-bond acceptors (Lipinski definition) is 2. The predicted molar refractivity (Wildman–Crippen MR) is 76.2 cm³/mol. The van der Waals surface area contributed by atoms with E-state index in [1.165, 1.54) is 0 Å². The topological polar surface area (TPSA) is 59.1 Å². The maximum absolute atomic E-state index is 7.91. The van der Waals surface area contributed by atoms with Gasteiger partial charge in [-0.3, -0.25) is 5.41 Å². The first-order valence-electron chi connectivity index (χ1n) is 5.81. The summed E-state index contributed by atoms with van der Waals surface area (Å²) in [5, 5.41) is 7.91. The summed E-state index contributed by atoms with van der Waals surface area (Å²) in [4.78, 5) is 0. The Morgan fingerprint density at radius 3 is 2.44 bits per heavy atom. The van der Waals surface area contributed by atoms with Gasteiger partial charge in [0, 0.05) is 0 Å². The second-order valence-corrected chi connectivity index (χ2v) is 4.21. The summed E-state index contributed by atoms with van der Waals surface area (Å²) in [7, 11) is 1.62. The molecule has 18 heavy (non-hydrogen) atoms. The molecule has 3 N–H and O–H groups in total. The highest BCUT2D eigenvalue weighted by Gasteiger charge is 2.33. The van der Waals surface area contributed by atoms with Crippen molar-refractivity contribution < 1.29 is 4.74 Å². The highest BCUT2D eigenvalue weighted by Crippen LogP contribution is 2.34. The Bertz CT molecular complexity index is 442. The van der Waals surface area contributed by atoms with Crippen molar-refractivity contribution in [3.8, 4) is 5.75 Å². The zero-order valence-corrected chi connectivity index (χ0v) is 10.8. The molecule has 3 nitrogen and oxygen atoms in total. The Hall–Kier alpha value is -2.03. The normalized spacial score (nSPS) is 10.7. The first-order valence-corrected chi connectivity index (χ1v) is 5.81. The van der Waals surface area contributed by atoms with Gasteiger partial charge < -0.3 is 10.5 Å². The Labute approximate surface area is 108 Å². The molecule has 0 saturated carbocycles. The lowest BCUT2D eigenvalue weighted by molar-refractivity contribution is 0.413. The number of benzene rings is 1. The molecule has 3 heteroatoms. The van der Waals surface area contributed by atoms with E-state index in [-0.39, 0.29) is 5.84 Å². The molecule has 0 radical (unpaired) electrons. The summed E-state index contributed by atoms with van der Waals surface area (Å²) >= 11 is 0. The quantitative estimate of drug-likeness (QED) is 0.440. The van der Waals surface area contributed by atoms with Crippen LogP contribution < -0.4 is 10.5 Å². The molecule has 0 aliphatic carbocycles. The largest absolute Gasteiger partial charge is 0.497 e. The number of hydrogen-bond donors (Lipinski definition) is 2. The van der Waals surface area contributed by atoms with Gasteiger partial charge in [-0.15, -0.1) is 13.2 Å². The lowest BCUT2D eigenvalue weighted by Crippen LogP contribution is -2.40. The van der Waals surface area contributed by atoms with Crippen molar-refractivity contribution in [2.75, 3.05) is 7.11 Å². The van der Waals surface area contributed by atoms with Crippen molar-refractivity contribution >= 4 is 5.84 Å². The maximum atomic E-state index is 7.91. The highest BCUT2D eigenvalue weighted by molar-refractivity contribution is 5.89. The molecule has 0 bridgehead atoms. The molecule has 0 amide bonds. The van der Waals surface area contributed by atoms with Gasteiger partial charge in [0.25, 0.3) is 0 Å². The third-order valence-electron chi connectivity index (χ3n) is 3.12. The third kappa shape index (κ3) is 2.62. The molecule has 0 saturated heterocycles. The SMILES string of the molecule is C=CCC(CC=C)(C(=N)N)c1cccc(OC)c1. The van der Waals surface area contributed by atoms with E-state index in [4.69, 9.17) is 15.9 Å². The summed E-state index contributed by atoms with van der Waals surface area (Å²) in [6, 6.07) is 7.64. The summed E-state index contributed by atoms with van der Waals surface area (Å²) < 4.78 is 5.22. The fourth-order valence-corrected chi connectivity index (χ4v) is 2.11. The van der Waals surface area contributed by atoms with E-state index in [0.29, 0.717) is 12.8 Å². The molecule has 1 rings (SSSR count). The van der Waals surface area contributed by atoms with Crippen molar-refractivity contribution in [3.05, 3.63) is 55.1 Å². The second-order valence-electron chi connectivity index (χ2n) is 4.21. The molecule has 1 aromatic rings. The molecule has 1 aromatic carbocycles. The van der Waals surface area contributed by atoms with Crippen molar-refractivity contribution in [1.29, 1.82) is 5.41 Å². The van der Waals surface area contributed by atoms with Crippen LogP contribution in [0.2, 0.25) is 0 Å². The lowest BCUT2D eigenvalue weighted by atomic mass is 9.74. The number of allylic oxidation sites excluding steroid dienone is 2. The van der Waals surface area contributed by atoms with Crippen LogP contribution in [-0.2, 0) is 5.41 Å². The molecular weight excluding hydrogens is 224 g/mol. The van der Waals surface area contributed by atoms with Gasteiger partial charge in [0.1, 0.15) is 11.6 Å². The summed E-state index contributed by atoms with van der Waals surface area (Å²) in [6.45, 7) is 7.52. The Morgan fingerprint density at radius 2 is 2.00 bits per heavy atom. The molecule has 0 heterocycles. The first kappa shape index (κ1) is 14.0. The number of nitrogens with one attached hydrogen (secondary N) is 1. The van der Waals surface area contributed by atoms with E-state index in [9.17, 15) is 0 Å². The average Bonchev–Trinajstić information content (AvgIpc) is 2.38. The minimum absolute atomic E-state index is 0.121. The number of ether oxygens (including phenoxy) is 1. The van der Waals surface area contributed by atoms with Gasteiger partial charge in [0.15, 0.2) is 0 Å². The zero-order chi connectivity index (χ0) is 13.6. The van der Waals surface area contributed by atoms with E-state index >= 15 is 0 Å². The Kier molecular flexibility index (Phi) is 4.72. The molecule has 0 aliphatic rings. The van der Waals surface area contributed by atoms with E-state index < -0.39 is 5.41 Å². The van der Waals surface area contributed by atoms with Crippen LogP contribution in [-0.4, -0.2) is 12.9 Å². The van der Waals surface area contributed by atoms with Gasteiger partial charge >= 0.3 is 0 Å². The average molecular weight is 244 g/mol. The zero-order valence-electron chi connectivity index (χ0n) is 10.8. The van der Waals surface area contributed by atoms with Crippen LogP contribution in [0.3, 0.4) is 0 Å². The van der Waals surface area contributed by atoms with Gasteiger partial charge in [-0.2, -0.15) is 0 Å². The maximum Gasteiger partial charge on any atom is 0.119 e. The van der Waals surface area contributed by atoms with E-state index in [1.807, 2.05) is 24.3 Å². The molecular formula is C15H20N2O. The number of methoxy groups -OCH3 is 1. The van der Waals surface area contributed by atoms with Gasteiger partial charge in [-0.05, 0) is 30.5 Å². The third-order valence-corrected chi connectivity index (χ3v) is 3.12. The summed E-state index contributed by atoms with van der Waals surface area (Å²) in [5.41, 5.74) is 6.20. The molecule has 0 aromatic heterocycles. The van der Waals surface area contributed by atoms with E-state index in [1.54, 1.807) is 19.3 Å². The minimum atomic E-state index is -0.571. The second kappa shape index (κ2) is 6.05. The predicted octanol–water partition coefficient (Wildman–Crippen LogP) is 3.02. The van der Waals surface area contributed by atoms with Gasteiger partial charge in [0.2, 0.25) is 0 Å². The first-order chi connectivity index (χ1) is 8.60. The van der Waals surface area contributed by atoms with Crippen molar-refractivity contribution in [1.82, 2.24) is 0 Å². The highest BCUT2D eigenvalue weighted by atomic mass is 16.5. The number of rotatable bonds is 7. The van der Waals surface area contributed by atoms with Crippen LogP contribution in [0.4, 0.5) is 0 Å². The van der Waals surface area contributed by atoms with Crippen LogP contribution in [0.5, 0.6) is 5.75 Å². The van der Waals surface area contributed by atoms with Crippen LogP contribution in [0.15, 0.2) is 49.6 Å². The summed E-state index contributed by atoms with van der Waals surface area (Å²) in [6.07, 6.45) is 4.76. The molecule has 0 spiro atoms. The standard InChI is InChI=1S/C15H20N2O/c1-4-9-15(10-5-2,14(16)17)12-7-6-8-13(11-12)18-3/h4-8,11H,1-2,9-10H2,3H3,(H3,16,17). The molecule has 96 valence electrons. The fraction of sp³-hybridized carbons (Fsp3) is 0.267. The lowest BCUT2D eigenvalue weighted by Gasteiger charge is -2.31. The number of amidine groups is 1. The van der Waals surface area contributed by atoms with Crippen LogP contribution >= 0.6 is 0 Å². The van der Waals surface area contributed by atoms with Crippen molar-refractivity contribution in [2.24, 2.45) is 5.73 Å². The molecule has 0 aliphatic heterocycles. The smallest absolute Gasteiger partial charge is 0.119 e.